The first-order chi connectivity index (χ1) is 10.6. The molecule has 1 amide bonds. The summed E-state index contributed by atoms with van der Waals surface area (Å²) in [6.45, 7) is 5.22. The number of alkyl carbamates (subject to hydrolysis) is 1. The molecule has 2 rings (SSSR count). The van der Waals surface area contributed by atoms with E-state index < -0.39 is 35.2 Å². The van der Waals surface area contributed by atoms with Gasteiger partial charge in [0.05, 0.1) is 17.6 Å². The molecule has 1 atom stereocenters. The number of carboxylic acid groups (broad SMARTS) is 1. The maximum absolute atomic E-state index is 12.1. The molecule has 0 spiro atoms. The van der Waals surface area contributed by atoms with Crippen LogP contribution in [0.4, 0.5) is 4.79 Å². The highest BCUT2D eigenvalue weighted by Gasteiger charge is 2.56. The van der Waals surface area contributed by atoms with Gasteiger partial charge in [-0.3, -0.25) is 4.79 Å². The van der Waals surface area contributed by atoms with Gasteiger partial charge < -0.3 is 20.3 Å². The third-order valence-electron chi connectivity index (χ3n) is 3.97. The Morgan fingerprint density at radius 1 is 1.26 bits per heavy atom. The Hall–Kier alpha value is -2.08. The van der Waals surface area contributed by atoms with Crippen LogP contribution in [-0.2, 0) is 9.53 Å². The fourth-order valence-electron chi connectivity index (χ4n) is 2.93. The van der Waals surface area contributed by atoms with Crippen molar-refractivity contribution in [2.75, 3.05) is 0 Å². The molecule has 1 aromatic carbocycles. The second kappa shape index (κ2) is 6.20. The number of carbonyl (C=O) groups is 2. The summed E-state index contributed by atoms with van der Waals surface area (Å²) in [5.74, 6) is -1.03. The first-order valence-corrected chi connectivity index (χ1v) is 7.60. The molecule has 1 unspecified atom stereocenters. The van der Waals surface area contributed by atoms with Gasteiger partial charge in [-0.05, 0) is 39.2 Å². The zero-order chi connectivity index (χ0) is 17.3. The molecule has 126 valence electrons. The molecule has 0 aromatic heterocycles. The lowest BCUT2D eigenvalue weighted by Gasteiger charge is -2.47. The third-order valence-corrected chi connectivity index (χ3v) is 3.97. The van der Waals surface area contributed by atoms with Crippen LogP contribution in [0.2, 0.25) is 0 Å². The summed E-state index contributed by atoms with van der Waals surface area (Å²) in [6.07, 6.45) is -1.15. The summed E-state index contributed by atoms with van der Waals surface area (Å²) in [5.41, 5.74) is -1.23. The molecule has 1 aliphatic rings. The fourth-order valence-corrected chi connectivity index (χ4v) is 2.93. The minimum atomic E-state index is -1.22. The summed E-state index contributed by atoms with van der Waals surface area (Å²) in [6, 6.07) is 8.14. The number of carboxylic acids is 1. The van der Waals surface area contributed by atoms with Crippen molar-refractivity contribution >= 4 is 12.1 Å². The van der Waals surface area contributed by atoms with Crippen molar-refractivity contribution < 1.29 is 24.5 Å². The van der Waals surface area contributed by atoms with Gasteiger partial charge in [0.2, 0.25) is 0 Å². The predicted octanol–water partition coefficient (Wildman–Crippen LogP) is 2.48. The van der Waals surface area contributed by atoms with Crippen molar-refractivity contribution in [1.82, 2.24) is 5.32 Å². The zero-order valence-electron chi connectivity index (χ0n) is 13.6. The van der Waals surface area contributed by atoms with Crippen molar-refractivity contribution in [3.63, 3.8) is 0 Å². The van der Waals surface area contributed by atoms with Gasteiger partial charge in [0.25, 0.3) is 0 Å². The number of benzene rings is 1. The predicted molar refractivity (Wildman–Crippen MR) is 83.9 cm³/mol. The van der Waals surface area contributed by atoms with E-state index in [1.807, 2.05) is 6.07 Å². The lowest BCUT2D eigenvalue weighted by molar-refractivity contribution is -0.167. The summed E-state index contributed by atoms with van der Waals surface area (Å²) in [5, 5.41) is 22.0. The lowest BCUT2D eigenvalue weighted by Crippen LogP contribution is -2.55. The van der Waals surface area contributed by atoms with Gasteiger partial charge in [0.15, 0.2) is 0 Å². The highest BCUT2D eigenvalue weighted by molar-refractivity contribution is 5.79. The maximum Gasteiger partial charge on any atom is 0.408 e. The summed E-state index contributed by atoms with van der Waals surface area (Å²) in [7, 11) is 0. The number of amides is 1. The van der Waals surface area contributed by atoms with Gasteiger partial charge in [-0.1, -0.05) is 30.3 Å². The summed E-state index contributed by atoms with van der Waals surface area (Å²) in [4.78, 5) is 24.0. The van der Waals surface area contributed by atoms with Crippen LogP contribution in [0, 0.1) is 5.41 Å². The summed E-state index contributed by atoms with van der Waals surface area (Å²) < 4.78 is 5.25. The Morgan fingerprint density at radius 3 is 2.26 bits per heavy atom. The van der Waals surface area contributed by atoms with Gasteiger partial charge >= 0.3 is 12.1 Å². The van der Waals surface area contributed by atoms with E-state index in [-0.39, 0.29) is 12.8 Å². The van der Waals surface area contributed by atoms with Gasteiger partial charge in [-0.25, -0.2) is 4.79 Å². The molecule has 6 heteroatoms. The SMILES string of the molecule is CC(C)(C)OC(=O)NC(c1ccccc1)C1(C(=O)O)CC(O)C1. The Kier molecular flexibility index (Phi) is 4.66. The molecule has 1 saturated carbocycles. The Bertz CT molecular complexity index is 572. The molecular weight excluding hydrogens is 298 g/mol. The van der Waals surface area contributed by atoms with E-state index in [4.69, 9.17) is 4.74 Å². The number of carbonyl (C=O) groups excluding carboxylic acids is 1. The molecule has 3 N–H and O–H groups in total. The molecule has 0 radical (unpaired) electrons. The molecule has 1 aliphatic carbocycles. The van der Waals surface area contributed by atoms with Crippen molar-refractivity contribution in [3.05, 3.63) is 35.9 Å². The number of rotatable bonds is 4. The van der Waals surface area contributed by atoms with Crippen molar-refractivity contribution in [3.8, 4) is 0 Å². The average molecular weight is 321 g/mol. The number of hydrogen-bond donors (Lipinski definition) is 3. The molecule has 0 saturated heterocycles. The van der Waals surface area contributed by atoms with Crippen LogP contribution < -0.4 is 5.32 Å². The van der Waals surface area contributed by atoms with Crippen LogP contribution in [-0.4, -0.2) is 34.0 Å². The minimum absolute atomic E-state index is 0.0949. The molecular formula is C17H23NO5. The number of ether oxygens (including phenoxy) is 1. The normalized spacial score (nSPS) is 25.1. The number of aliphatic hydroxyl groups excluding tert-OH is 1. The van der Waals surface area contributed by atoms with E-state index >= 15 is 0 Å². The van der Waals surface area contributed by atoms with Crippen molar-refractivity contribution in [1.29, 1.82) is 0 Å². The third kappa shape index (κ3) is 3.82. The van der Waals surface area contributed by atoms with Gasteiger partial charge in [0.1, 0.15) is 5.60 Å². The highest BCUT2D eigenvalue weighted by Crippen LogP contribution is 2.50. The Labute approximate surface area is 135 Å². The standard InChI is InChI=1S/C17H23NO5/c1-16(2,3)23-15(22)18-13(11-7-5-4-6-8-11)17(14(20)21)9-12(19)10-17/h4-8,12-13,19H,9-10H2,1-3H3,(H,18,22)(H,20,21). The molecule has 1 fully saturated rings. The van der Waals surface area contributed by atoms with E-state index in [9.17, 15) is 19.8 Å². The van der Waals surface area contributed by atoms with Gasteiger partial charge in [0, 0.05) is 0 Å². The molecule has 0 aliphatic heterocycles. The Morgan fingerprint density at radius 2 is 1.83 bits per heavy atom. The Balaban J connectivity index is 2.30. The first-order valence-electron chi connectivity index (χ1n) is 7.60. The van der Waals surface area contributed by atoms with E-state index in [0.717, 1.165) is 0 Å². The molecule has 23 heavy (non-hydrogen) atoms. The second-order valence-corrected chi connectivity index (χ2v) is 7.01. The smallest absolute Gasteiger partial charge is 0.408 e. The maximum atomic E-state index is 12.1. The number of aliphatic hydroxyl groups is 1. The second-order valence-electron chi connectivity index (χ2n) is 7.01. The van der Waals surface area contributed by atoms with Crippen molar-refractivity contribution in [2.24, 2.45) is 5.41 Å². The monoisotopic (exact) mass is 321 g/mol. The average Bonchev–Trinajstić information content (AvgIpc) is 2.40. The molecule has 6 nitrogen and oxygen atoms in total. The zero-order valence-corrected chi connectivity index (χ0v) is 13.6. The minimum Gasteiger partial charge on any atom is -0.481 e. The van der Waals surface area contributed by atoms with Crippen LogP contribution in [0.5, 0.6) is 0 Å². The van der Waals surface area contributed by atoms with Gasteiger partial charge in [-0.2, -0.15) is 0 Å². The number of nitrogens with one attached hydrogen (secondary N) is 1. The first kappa shape index (κ1) is 17.3. The topological polar surface area (TPSA) is 95.9 Å². The summed E-state index contributed by atoms with van der Waals surface area (Å²) >= 11 is 0. The fraction of sp³-hybridized carbons (Fsp3) is 0.529. The largest absolute Gasteiger partial charge is 0.481 e. The van der Waals surface area contributed by atoms with E-state index in [2.05, 4.69) is 5.32 Å². The van der Waals surface area contributed by atoms with Crippen LogP contribution in [0.25, 0.3) is 0 Å². The molecule has 0 bridgehead atoms. The van der Waals surface area contributed by atoms with Crippen LogP contribution in [0.1, 0.15) is 45.2 Å². The number of aliphatic carboxylic acids is 1. The van der Waals surface area contributed by atoms with Crippen LogP contribution in [0.15, 0.2) is 30.3 Å². The lowest BCUT2D eigenvalue weighted by atomic mass is 9.60. The quantitative estimate of drug-likeness (QED) is 0.792. The van der Waals surface area contributed by atoms with E-state index in [0.29, 0.717) is 5.56 Å². The van der Waals surface area contributed by atoms with E-state index in [1.165, 1.54) is 0 Å². The number of hydrogen-bond acceptors (Lipinski definition) is 4. The van der Waals surface area contributed by atoms with Gasteiger partial charge in [-0.15, -0.1) is 0 Å². The molecule has 1 aromatic rings. The molecule has 0 heterocycles. The van der Waals surface area contributed by atoms with Crippen LogP contribution in [0.3, 0.4) is 0 Å². The van der Waals surface area contributed by atoms with E-state index in [1.54, 1.807) is 45.0 Å². The van der Waals surface area contributed by atoms with Crippen LogP contribution >= 0.6 is 0 Å². The van der Waals surface area contributed by atoms with Crippen molar-refractivity contribution in [2.45, 2.75) is 51.4 Å². The highest BCUT2D eigenvalue weighted by atomic mass is 16.6.